The number of ether oxygens (including phenoxy) is 1. The average Bonchev–Trinajstić information content (AvgIpc) is 2.10. The van der Waals surface area contributed by atoms with Gasteiger partial charge in [0, 0.05) is 0 Å². The number of nitrogens with one attached hydrogen (secondary N) is 1. The van der Waals surface area contributed by atoms with Gasteiger partial charge in [-0.3, -0.25) is 4.79 Å². The molecule has 6 nitrogen and oxygen atoms in total. The van der Waals surface area contributed by atoms with E-state index in [9.17, 15) is 9.59 Å². The Kier molecular flexibility index (Phi) is 6.40. The van der Waals surface area contributed by atoms with Gasteiger partial charge in [0.25, 0.3) is 0 Å². The highest BCUT2D eigenvalue weighted by Gasteiger charge is 2.24. The zero-order valence-corrected chi connectivity index (χ0v) is 10.2. The number of primary amides is 1. The second kappa shape index (κ2) is 7.00. The van der Waals surface area contributed by atoms with E-state index in [1.54, 1.807) is 0 Å². The first-order valence-electron chi connectivity index (χ1n) is 4.85. The van der Waals surface area contributed by atoms with Crippen molar-refractivity contribution in [3.8, 4) is 0 Å². The number of thiocarbonyl (C=S) groups is 1. The minimum absolute atomic E-state index is 0.0227. The standard InChI is InChI=1S/C9H17N3O3S/c1-5(2)6(7(10)16)8(13)12-3-4-15-9(11)14/h5-6H,3-4H2,1-2H3,(H2,10,16)(H2,11,14)(H,12,13). The third-order valence-corrected chi connectivity index (χ3v) is 2.16. The van der Waals surface area contributed by atoms with E-state index >= 15 is 0 Å². The molecule has 0 aliphatic carbocycles. The van der Waals surface area contributed by atoms with Gasteiger partial charge in [0.1, 0.15) is 6.61 Å². The summed E-state index contributed by atoms with van der Waals surface area (Å²) in [6.45, 7) is 3.92. The van der Waals surface area contributed by atoms with E-state index in [0.29, 0.717) is 0 Å². The molecule has 0 aromatic heterocycles. The van der Waals surface area contributed by atoms with Gasteiger partial charge in [-0.05, 0) is 5.92 Å². The van der Waals surface area contributed by atoms with Crippen LogP contribution in [0.4, 0.5) is 4.79 Å². The van der Waals surface area contributed by atoms with Crippen molar-refractivity contribution in [2.75, 3.05) is 13.2 Å². The minimum Gasteiger partial charge on any atom is -0.448 e. The van der Waals surface area contributed by atoms with Crippen LogP contribution in [0.3, 0.4) is 0 Å². The largest absolute Gasteiger partial charge is 0.448 e. The smallest absolute Gasteiger partial charge is 0.404 e. The normalized spacial score (nSPS) is 11.9. The van der Waals surface area contributed by atoms with Gasteiger partial charge in [0.2, 0.25) is 5.91 Å². The molecule has 0 spiro atoms. The molecule has 0 aromatic rings. The summed E-state index contributed by atoms with van der Waals surface area (Å²) in [7, 11) is 0. The molecule has 0 saturated heterocycles. The predicted octanol–water partition coefficient (Wildman–Crippen LogP) is -0.244. The Bertz CT molecular complexity index is 281. The second-order valence-electron chi connectivity index (χ2n) is 3.58. The number of carbonyl (C=O) groups is 2. The van der Waals surface area contributed by atoms with Gasteiger partial charge in [0.05, 0.1) is 17.5 Å². The van der Waals surface area contributed by atoms with Crippen molar-refractivity contribution in [2.24, 2.45) is 23.3 Å². The fraction of sp³-hybridized carbons (Fsp3) is 0.667. The lowest BCUT2D eigenvalue weighted by molar-refractivity contribution is -0.124. The Hall–Kier alpha value is -1.37. The molecule has 0 aromatic carbocycles. The molecule has 0 rings (SSSR count). The monoisotopic (exact) mass is 247 g/mol. The maximum atomic E-state index is 11.6. The van der Waals surface area contributed by atoms with Crippen molar-refractivity contribution >= 4 is 29.2 Å². The molecule has 1 unspecified atom stereocenters. The van der Waals surface area contributed by atoms with Crippen LogP contribution in [0.1, 0.15) is 13.8 Å². The number of hydrogen-bond donors (Lipinski definition) is 3. The molecule has 16 heavy (non-hydrogen) atoms. The molecule has 2 amide bonds. The van der Waals surface area contributed by atoms with Crippen molar-refractivity contribution in [1.29, 1.82) is 0 Å². The summed E-state index contributed by atoms with van der Waals surface area (Å²) in [6.07, 6.45) is -0.871. The van der Waals surface area contributed by atoms with Crippen molar-refractivity contribution < 1.29 is 14.3 Å². The highest BCUT2D eigenvalue weighted by Crippen LogP contribution is 2.10. The highest BCUT2D eigenvalue weighted by molar-refractivity contribution is 7.80. The molecule has 0 fully saturated rings. The fourth-order valence-corrected chi connectivity index (χ4v) is 1.58. The summed E-state index contributed by atoms with van der Waals surface area (Å²) in [5, 5.41) is 2.56. The molecule has 0 bridgehead atoms. The summed E-state index contributed by atoms with van der Waals surface area (Å²) in [5.41, 5.74) is 10.2. The molecule has 0 heterocycles. The van der Waals surface area contributed by atoms with Crippen molar-refractivity contribution in [2.45, 2.75) is 13.8 Å². The van der Waals surface area contributed by atoms with Crippen LogP contribution in [0.15, 0.2) is 0 Å². The number of hydrogen-bond acceptors (Lipinski definition) is 4. The molecule has 0 radical (unpaired) electrons. The van der Waals surface area contributed by atoms with Gasteiger partial charge < -0.3 is 21.5 Å². The van der Waals surface area contributed by atoms with Crippen LogP contribution < -0.4 is 16.8 Å². The zero-order valence-electron chi connectivity index (χ0n) is 9.36. The van der Waals surface area contributed by atoms with Crippen LogP contribution in [0, 0.1) is 11.8 Å². The van der Waals surface area contributed by atoms with E-state index in [0.717, 1.165) is 0 Å². The van der Waals surface area contributed by atoms with E-state index in [-0.39, 0.29) is 30.0 Å². The van der Waals surface area contributed by atoms with Gasteiger partial charge in [-0.2, -0.15) is 0 Å². The molecule has 92 valence electrons. The topological polar surface area (TPSA) is 107 Å². The van der Waals surface area contributed by atoms with Gasteiger partial charge in [-0.15, -0.1) is 0 Å². The number of carbonyl (C=O) groups excluding carboxylic acids is 2. The molecule has 5 N–H and O–H groups in total. The van der Waals surface area contributed by atoms with Crippen molar-refractivity contribution in [3.63, 3.8) is 0 Å². The summed E-state index contributed by atoms with van der Waals surface area (Å²) >= 11 is 4.80. The Morgan fingerprint density at radius 1 is 1.38 bits per heavy atom. The van der Waals surface area contributed by atoms with E-state index < -0.39 is 12.0 Å². The summed E-state index contributed by atoms with van der Waals surface area (Å²) in [6, 6.07) is 0. The molecular formula is C9H17N3O3S. The first-order valence-corrected chi connectivity index (χ1v) is 5.26. The zero-order chi connectivity index (χ0) is 12.7. The van der Waals surface area contributed by atoms with Crippen molar-refractivity contribution in [1.82, 2.24) is 5.32 Å². The van der Waals surface area contributed by atoms with Gasteiger partial charge >= 0.3 is 6.09 Å². The SMILES string of the molecule is CC(C)C(C(=O)NCCOC(N)=O)C(N)=S. The fourth-order valence-electron chi connectivity index (χ4n) is 1.20. The van der Waals surface area contributed by atoms with Crippen LogP contribution in [0.5, 0.6) is 0 Å². The maximum Gasteiger partial charge on any atom is 0.404 e. The molecule has 0 saturated carbocycles. The molecule has 1 atom stereocenters. The van der Waals surface area contributed by atoms with Gasteiger partial charge in [0.15, 0.2) is 0 Å². The Labute approximate surface area is 99.7 Å². The van der Waals surface area contributed by atoms with Crippen LogP contribution >= 0.6 is 12.2 Å². The third kappa shape index (κ3) is 5.50. The van der Waals surface area contributed by atoms with E-state index in [4.69, 9.17) is 23.7 Å². The summed E-state index contributed by atoms with van der Waals surface area (Å²) < 4.78 is 4.45. The lowest BCUT2D eigenvalue weighted by atomic mass is 9.95. The Morgan fingerprint density at radius 2 is 1.94 bits per heavy atom. The Morgan fingerprint density at radius 3 is 2.31 bits per heavy atom. The van der Waals surface area contributed by atoms with Crippen LogP contribution in [0.2, 0.25) is 0 Å². The minimum atomic E-state index is -0.871. The van der Waals surface area contributed by atoms with Crippen LogP contribution in [-0.4, -0.2) is 30.1 Å². The maximum absolute atomic E-state index is 11.6. The third-order valence-electron chi connectivity index (χ3n) is 1.90. The quantitative estimate of drug-likeness (QED) is 0.443. The molecular weight excluding hydrogens is 230 g/mol. The van der Waals surface area contributed by atoms with Crippen molar-refractivity contribution in [3.05, 3.63) is 0 Å². The first-order chi connectivity index (χ1) is 7.36. The lowest BCUT2D eigenvalue weighted by Gasteiger charge is -2.18. The lowest BCUT2D eigenvalue weighted by Crippen LogP contribution is -2.42. The first kappa shape index (κ1) is 14.6. The molecule has 0 aliphatic heterocycles. The van der Waals surface area contributed by atoms with Gasteiger partial charge in [-0.25, -0.2) is 4.79 Å². The van der Waals surface area contributed by atoms with E-state index in [1.165, 1.54) is 0 Å². The molecule has 7 heteroatoms. The Balaban J connectivity index is 4.03. The van der Waals surface area contributed by atoms with E-state index in [2.05, 4.69) is 10.1 Å². The second-order valence-corrected chi connectivity index (χ2v) is 4.05. The predicted molar refractivity (Wildman–Crippen MR) is 63.7 cm³/mol. The number of rotatable bonds is 6. The van der Waals surface area contributed by atoms with Crippen LogP contribution in [0.25, 0.3) is 0 Å². The number of nitrogens with two attached hydrogens (primary N) is 2. The van der Waals surface area contributed by atoms with E-state index in [1.807, 2.05) is 13.8 Å². The summed E-state index contributed by atoms with van der Waals surface area (Å²) in [5.74, 6) is -0.756. The summed E-state index contributed by atoms with van der Waals surface area (Å²) in [4.78, 5) is 22.0. The molecule has 0 aliphatic rings. The van der Waals surface area contributed by atoms with Crippen LogP contribution in [-0.2, 0) is 9.53 Å². The van der Waals surface area contributed by atoms with Gasteiger partial charge in [-0.1, -0.05) is 26.1 Å². The number of amides is 2. The average molecular weight is 247 g/mol. The highest BCUT2D eigenvalue weighted by atomic mass is 32.1.